The number of amides is 1. The summed E-state index contributed by atoms with van der Waals surface area (Å²) in [5, 5.41) is 21.7. The lowest BCUT2D eigenvalue weighted by atomic mass is 10.0. The molecule has 1 atom stereocenters. The van der Waals surface area contributed by atoms with Crippen molar-refractivity contribution >= 4 is 11.9 Å². The molecule has 0 aliphatic heterocycles. The Bertz CT molecular complexity index is 556. The number of hydrogen-bond acceptors (Lipinski definition) is 5. The number of hydrogen-bond donors (Lipinski definition) is 3. The average molecular weight is 337 g/mol. The lowest BCUT2D eigenvalue weighted by Gasteiger charge is -2.17. The Balaban J connectivity index is 2.53. The van der Waals surface area contributed by atoms with E-state index in [0.717, 1.165) is 12.8 Å². The van der Waals surface area contributed by atoms with E-state index in [2.05, 4.69) is 19.2 Å². The van der Waals surface area contributed by atoms with Crippen LogP contribution >= 0.6 is 0 Å². The fraction of sp³-hybridized carbons (Fsp3) is 0.556. The van der Waals surface area contributed by atoms with Gasteiger partial charge in [0.1, 0.15) is 17.5 Å². The number of ether oxygens (including phenoxy) is 1. The summed E-state index contributed by atoms with van der Waals surface area (Å²) in [5.74, 6) is -0.265. The molecule has 3 N–H and O–H groups in total. The van der Waals surface area contributed by atoms with Crippen LogP contribution in [0.5, 0.6) is 11.5 Å². The molecule has 0 aliphatic rings. The molecule has 6 heteroatoms. The smallest absolute Gasteiger partial charge is 0.328 e. The number of rotatable bonds is 9. The van der Waals surface area contributed by atoms with Gasteiger partial charge in [-0.15, -0.1) is 0 Å². The van der Waals surface area contributed by atoms with E-state index in [9.17, 15) is 19.8 Å². The SMILES string of the molecule is COC(=O)C(CCCC(C)C)NC(=O)CCc1ccc(O)cc1O. The number of nitrogens with one attached hydrogen (secondary N) is 1. The number of phenolic OH excluding ortho intramolecular Hbond substituents is 2. The topological polar surface area (TPSA) is 95.9 Å². The molecule has 0 heterocycles. The van der Waals surface area contributed by atoms with E-state index < -0.39 is 12.0 Å². The van der Waals surface area contributed by atoms with E-state index in [4.69, 9.17) is 4.74 Å². The first-order valence-electron chi connectivity index (χ1n) is 8.21. The Morgan fingerprint density at radius 3 is 2.50 bits per heavy atom. The second-order valence-electron chi connectivity index (χ2n) is 6.28. The van der Waals surface area contributed by atoms with Crippen molar-refractivity contribution in [1.29, 1.82) is 0 Å². The summed E-state index contributed by atoms with van der Waals surface area (Å²) in [6.07, 6.45) is 2.80. The zero-order valence-corrected chi connectivity index (χ0v) is 14.5. The molecule has 0 spiro atoms. The maximum Gasteiger partial charge on any atom is 0.328 e. The molecule has 0 fully saturated rings. The molecule has 1 aromatic rings. The Labute approximate surface area is 142 Å². The molecule has 0 aliphatic carbocycles. The quantitative estimate of drug-likeness (QED) is 0.602. The zero-order chi connectivity index (χ0) is 18.1. The van der Waals surface area contributed by atoms with Gasteiger partial charge in [0, 0.05) is 12.5 Å². The lowest BCUT2D eigenvalue weighted by molar-refractivity contribution is -0.145. The van der Waals surface area contributed by atoms with Gasteiger partial charge in [0.25, 0.3) is 0 Å². The van der Waals surface area contributed by atoms with Crippen LogP contribution in [0.4, 0.5) is 0 Å². The highest BCUT2D eigenvalue weighted by Crippen LogP contribution is 2.23. The van der Waals surface area contributed by atoms with Gasteiger partial charge in [-0.25, -0.2) is 4.79 Å². The molecule has 0 saturated heterocycles. The third-order valence-electron chi connectivity index (χ3n) is 3.79. The van der Waals surface area contributed by atoms with E-state index in [1.807, 2.05) is 0 Å². The maximum atomic E-state index is 12.1. The molecular formula is C18H27NO5. The summed E-state index contributed by atoms with van der Waals surface area (Å²) in [7, 11) is 1.30. The third kappa shape index (κ3) is 6.89. The number of benzene rings is 1. The number of carbonyl (C=O) groups is 2. The van der Waals surface area contributed by atoms with E-state index in [-0.39, 0.29) is 23.8 Å². The second-order valence-corrected chi connectivity index (χ2v) is 6.28. The molecular weight excluding hydrogens is 310 g/mol. The lowest BCUT2D eigenvalue weighted by Crippen LogP contribution is -2.41. The van der Waals surface area contributed by atoms with Crippen molar-refractivity contribution in [1.82, 2.24) is 5.32 Å². The van der Waals surface area contributed by atoms with Gasteiger partial charge in [-0.3, -0.25) is 4.79 Å². The second kappa shape index (κ2) is 9.80. The predicted molar refractivity (Wildman–Crippen MR) is 90.7 cm³/mol. The number of methoxy groups -OCH3 is 1. The van der Waals surface area contributed by atoms with Gasteiger partial charge in [-0.05, 0) is 30.4 Å². The maximum absolute atomic E-state index is 12.1. The first-order chi connectivity index (χ1) is 11.3. The van der Waals surface area contributed by atoms with Crippen LogP contribution in [-0.2, 0) is 20.7 Å². The highest BCUT2D eigenvalue weighted by molar-refractivity contribution is 5.84. The van der Waals surface area contributed by atoms with Crippen LogP contribution in [0.3, 0.4) is 0 Å². The van der Waals surface area contributed by atoms with Gasteiger partial charge in [0.15, 0.2) is 0 Å². The third-order valence-corrected chi connectivity index (χ3v) is 3.79. The first kappa shape index (κ1) is 19.8. The van der Waals surface area contributed by atoms with Gasteiger partial charge in [0.2, 0.25) is 5.91 Å². The Kier molecular flexibility index (Phi) is 8.09. The van der Waals surface area contributed by atoms with Crippen molar-refractivity contribution in [3.63, 3.8) is 0 Å². The van der Waals surface area contributed by atoms with Crippen molar-refractivity contribution in [2.75, 3.05) is 7.11 Å². The molecule has 134 valence electrons. The average Bonchev–Trinajstić information content (AvgIpc) is 2.52. The van der Waals surface area contributed by atoms with Crippen LogP contribution in [0.1, 0.15) is 45.1 Å². The molecule has 1 unspecified atom stereocenters. The molecule has 1 rings (SSSR count). The molecule has 0 aromatic heterocycles. The molecule has 6 nitrogen and oxygen atoms in total. The summed E-state index contributed by atoms with van der Waals surface area (Å²) in [5.41, 5.74) is 0.567. The highest BCUT2D eigenvalue weighted by atomic mass is 16.5. The molecule has 0 saturated carbocycles. The number of carbonyl (C=O) groups excluding carboxylic acids is 2. The van der Waals surface area contributed by atoms with E-state index in [1.165, 1.54) is 19.2 Å². The molecule has 1 aromatic carbocycles. The zero-order valence-electron chi connectivity index (χ0n) is 14.5. The minimum Gasteiger partial charge on any atom is -0.508 e. The number of aryl methyl sites for hydroxylation is 1. The van der Waals surface area contributed by atoms with Crippen molar-refractivity contribution < 1.29 is 24.5 Å². The van der Waals surface area contributed by atoms with Gasteiger partial charge < -0.3 is 20.3 Å². The van der Waals surface area contributed by atoms with Crippen LogP contribution in [-0.4, -0.2) is 35.2 Å². The van der Waals surface area contributed by atoms with E-state index >= 15 is 0 Å². The van der Waals surface area contributed by atoms with Crippen molar-refractivity contribution in [3.05, 3.63) is 23.8 Å². The molecule has 0 radical (unpaired) electrons. The minimum atomic E-state index is -0.644. The number of aromatic hydroxyl groups is 2. The summed E-state index contributed by atoms with van der Waals surface area (Å²) < 4.78 is 4.74. The number of esters is 1. The summed E-state index contributed by atoms with van der Waals surface area (Å²) in [4.78, 5) is 23.9. The van der Waals surface area contributed by atoms with Crippen LogP contribution in [0.25, 0.3) is 0 Å². The van der Waals surface area contributed by atoms with E-state index in [0.29, 0.717) is 24.3 Å². The largest absolute Gasteiger partial charge is 0.508 e. The summed E-state index contributed by atoms with van der Waals surface area (Å²) in [6.45, 7) is 4.21. The van der Waals surface area contributed by atoms with Crippen molar-refractivity contribution in [2.45, 2.75) is 52.0 Å². The Morgan fingerprint density at radius 1 is 1.21 bits per heavy atom. The van der Waals surface area contributed by atoms with Crippen LogP contribution < -0.4 is 5.32 Å². The van der Waals surface area contributed by atoms with Crippen LogP contribution in [0.2, 0.25) is 0 Å². The standard InChI is InChI=1S/C18H27NO5/c1-12(2)5-4-6-15(18(23)24-3)19-17(22)10-8-13-7-9-14(20)11-16(13)21/h7,9,11-12,15,20-21H,4-6,8,10H2,1-3H3,(H,19,22). The highest BCUT2D eigenvalue weighted by Gasteiger charge is 2.21. The summed E-state index contributed by atoms with van der Waals surface area (Å²) >= 11 is 0. The van der Waals surface area contributed by atoms with Crippen LogP contribution in [0.15, 0.2) is 18.2 Å². The van der Waals surface area contributed by atoms with Gasteiger partial charge in [0.05, 0.1) is 7.11 Å². The molecule has 1 amide bonds. The monoisotopic (exact) mass is 337 g/mol. The fourth-order valence-corrected chi connectivity index (χ4v) is 2.40. The molecule has 24 heavy (non-hydrogen) atoms. The van der Waals surface area contributed by atoms with Crippen molar-refractivity contribution in [2.24, 2.45) is 5.92 Å². The minimum absolute atomic E-state index is 0.0309. The van der Waals surface area contributed by atoms with Gasteiger partial charge >= 0.3 is 5.97 Å². The predicted octanol–water partition coefficient (Wildman–Crippen LogP) is 2.51. The van der Waals surface area contributed by atoms with Gasteiger partial charge in [-0.2, -0.15) is 0 Å². The Hall–Kier alpha value is -2.24. The Morgan fingerprint density at radius 2 is 1.92 bits per heavy atom. The van der Waals surface area contributed by atoms with Crippen molar-refractivity contribution in [3.8, 4) is 11.5 Å². The molecule has 0 bridgehead atoms. The normalized spacial score (nSPS) is 12.0. The fourth-order valence-electron chi connectivity index (χ4n) is 2.40. The summed E-state index contributed by atoms with van der Waals surface area (Å²) in [6, 6.07) is 3.61. The first-order valence-corrected chi connectivity index (χ1v) is 8.21. The van der Waals surface area contributed by atoms with Gasteiger partial charge in [-0.1, -0.05) is 32.8 Å². The van der Waals surface area contributed by atoms with E-state index in [1.54, 1.807) is 6.07 Å². The van der Waals surface area contributed by atoms with Crippen LogP contribution in [0, 0.1) is 5.92 Å². The number of phenols is 2.